The Kier molecular flexibility index (Phi) is 4.87. The fraction of sp³-hybridized carbons (Fsp3) is 0.286. The lowest BCUT2D eigenvalue weighted by Gasteiger charge is -2.44. The summed E-state index contributed by atoms with van der Waals surface area (Å²) in [6, 6.07) is 14.4. The molecule has 3 atom stereocenters. The average Bonchev–Trinajstić information content (AvgIpc) is 2.65. The highest BCUT2D eigenvalue weighted by Crippen LogP contribution is 2.42. The maximum absolute atomic E-state index is 12.3. The molecule has 27 heavy (non-hydrogen) atoms. The number of nitriles is 1. The molecule has 0 aromatic heterocycles. The number of rotatable bonds is 3. The highest BCUT2D eigenvalue weighted by Gasteiger charge is 2.38. The molecule has 1 heterocycles. The van der Waals surface area contributed by atoms with Crippen LogP contribution in [0.2, 0.25) is 0 Å². The van der Waals surface area contributed by atoms with E-state index in [-0.39, 0.29) is 23.9 Å². The number of amides is 2. The standard InChI is InChI=1S/C21H22N4O2/c1-12-13(2)25(14(3)26)19-9-6-16(21(23)27)10-18(19)20(12)24-17-7-4-15(11-22)5-8-17/h4-10,12-13,20,24H,1-3H3,(H2,23,27)/t12-,13-,20+/m0/s1. The van der Waals surface area contributed by atoms with Crippen molar-refractivity contribution in [2.75, 3.05) is 10.2 Å². The first-order valence-electron chi connectivity index (χ1n) is 8.83. The Labute approximate surface area is 158 Å². The van der Waals surface area contributed by atoms with Crippen LogP contribution in [-0.4, -0.2) is 17.9 Å². The van der Waals surface area contributed by atoms with Crippen molar-refractivity contribution >= 4 is 23.2 Å². The molecule has 2 amide bonds. The smallest absolute Gasteiger partial charge is 0.248 e. The summed E-state index contributed by atoms with van der Waals surface area (Å²) >= 11 is 0. The number of fused-ring (bicyclic) bond motifs is 1. The Hall–Kier alpha value is -3.33. The molecule has 0 spiro atoms. The van der Waals surface area contributed by atoms with Crippen LogP contribution in [0.1, 0.15) is 48.3 Å². The van der Waals surface area contributed by atoms with E-state index in [2.05, 4.69) is 18.3 Å². The van der Waals surface area contributed by atoms with E-state index in [0.717, 1.165) is 16.9 Å². The van der Waals surface area contributed by atoms with Gasteiger partial charge < -0.3 is 16.0 Å². The van der Waals surface area contributed by atoms with E-state index >= 15 is 0 Å². The Morgan fingerprint density at radius 1 is 1.15 bits per heavy atom. The first kappa shape index (κ1) is 18.5. The van der Waals surface area contributed by atoms with Gasteiger partial charge in [-0.1, -0.05) is 6.92 Å². The predicted octanol–water partition coefficient (Wildman–Crippen LogP) is 3.20. The van der Waals surface area contributed by atoms with Gasteiger partial charge in [-0.3, -0.25) is 9.59 Å². The number of carbonyl (C=O) groups is 2. The summed E-state index contributed by atoms with van der Waals surface area (Å²) in [5.74, 6) is -0.463. The molecule has 0 saturated heterocycles. The van der Waals surface area contributed by atoms with Crippen molar-refractivity contribution in [1.82, 2.24) is 0 Å². The van der Waals surface area contributed by atoms with Crippen molar-refractivity contribution < 1.29 is 9.59 Å². The number of nitrogens with zero attached hydrogens (tertiary/aromatic N) is 2. The quantitative estimate of drug-likeness (QED) is 0.876. The van der Waals surface area contributed by atoms with Crippen LogP contribution in [0.3, 0.4) is 0 Å². The average molecular weight is 362 g/mol. The lowest BCUT2D eigenvalue weighted by molar-refractivity contribution is -0.117. The van der Waals surface area contributed by atoms with Crippen molar-refractivity contribution in [3.63, 3.8) is 0 Å². The number of hydrogen-bond acceptors (Lipinski definition) is 4. The number of carbonyl (C=O) groups excluding carboxylic acids is 2. The summed E-state index contributed by atoms with van der Waals surface area (Å²) in [4.78, 5) is 25.7. The molecule has 0 bridgehead atoms. The van der Waals surface area contributed by atoms with Crippen LogP contribution in [0.4, 0.5) is 11.4 Å². The monoisotopic (exact) mass is 362 g/mol. The van der Waals surface area contributed by atoms with E-state index in [4.69, 9.17) is 11.0 Å². The van der Waals surface area contributed by atoms with Gasteiger partial charge in [0, 0.05) is 35.8 Å². The largest absolute Gasteiger partial charge is 0.378 e. The molecule has 1 aliphatic heterocycles. The zero-order chi connectivity index (χ0) is 19.7. The molecule has 0 unspecified atom stereocenters. The molecule has 0 radical (unpaired) electrons. The lowest BCUT2D eigenvalue weighted by atomic mass is 9.82. The maximum Gasteiger partial charge on any atom is 0.248 e. The van der Waals surface area contributed by atoms with E-state index in [1.807, 2.05) is 19.1 Å². The normalized spacial score (nSPS) is 21.1. The molecular weight excluding hydrogens is 340 g/mol. The summed E-state index contributed by atoms with van der Waals surface area (Å²) in [6.45, 7) is 5.63. The molecule has 1 aliphatic rings. The van der Waals surface area contributed by atoms with Gasteiger partial charge in [0.2, 0.25) is 11.8 Å². The fourth-order valence-corrected chi connectivity index (χ4v) is 3.68. The van der Waals surface area contributed by atoms with Gasteiger partial charge in [0.05, 0.1) is 17.7 Å². The second-order valence-electron chi connectivity index (χ2n) is 6.94. The van der Waals surface area contributed by atoms with E-state index in [1.165, 1.54) is 0 Å². The molecule has 0 saturated carbocycles. The molecule has 3 N–H and O–H groups in total. The second-order valence-corrected chi connectivity index (χ2v) is 6.94. The Morgan fingerprint density at radius 3 is 2.37 bits per heavy atom. The second kappa shape index (κ2) is 7.12. The number of nitrogens with one attached hydrogen (secondary N) is 1. The predicted molar refractivity (Wildman–Crippen MR) is 104 cm³/mol. The first-order chi connectivity index (χ1) is 12.8. The van der Waals surface area contributed by atoms with E-state index < -0.39 is 5.91 Å². The van der Waals surface area contributed by atoms with Gasteiger partial charge in [-0.05, 0) is 55.0 Å². The zero-order valence-electron chi connectivity index (χ0n) is 15.6. The Morgan fingerprint density at radius 2 is 1.81 bits per heavy atom. The van der Waals surface area contributed by atoms with E-state index in [0.29, 0.717) is 11.1 Å². The summed E-state index contributed by atoms with van der Waals surface area (Å²) in [7, 11) is 0. The topological polar surface area (TPSA) is 99.2 Å². The molecule has 0 fully saturated rings. The molecule has 0 aliphatic carbocycles. The SMILES string of the molecule is CC(=O)N1c2ccc(C(N)=O)cc2[C@H](Nc2ccc(C#N)cc2)[C@@H](C)[C@@H]1C. The third kappa shape index (κ3) is 3.36. The number of nitrogens with two attached hydrogens (primary N) is 1. The van der Waals surface area contributed by atoms with Crippen LogP contribution < -0.4 is 16.0 Å². The van der Waals surface area contributed by atoms with Crippen molar-refractivity contribution in [3.05, 3.63) is 59.2 Å². The highest BCUT2D eigenvalue weighted by atomic mass is 16.2. The van der Waals surface area contributed by atoms with Gasteiger partial charge in [-0.15, -0.1) is 0 Å². The Balaban J connectivity index is 2.08. The van der Waals surface area contributed by atoms with Crippen LogP contribution in [0, 0.1) is 17.2 Å². The van der Waals surface area contributed by atoms with Crippen LogP contribution in [0.25, 0.3) is 0 Å². The minimum atomic E-state index is -0.504. The summed E-state index contributed by atoms with van der Waals surface area (Å²) in [5, 5.41) is 12.5. The maximum atomic E-state index is 12.3. The van der Waals surface area contributed by atoms with E-state index in [1.54, 1.807) is 42.2 Å². The van der Waals surface area contributed by atoms with Crippen molar-refractivity contribution in [2.45, 2.75) is 32.9 Å². The third-order valence-corrected chi connectivity index (χ3v) is 5.28. The number of hydrogen-bond donors (Lipinski definition) is 2. The van der Waals surface area contributed by atoms with E-state index in [9.17, 15) is 9.59 Å². The minimum Gasteiger partial charge on any atom is -0.378 e. The number of benzene rings is 2. The fourth-order valence-electron chi connectivity index (χ4n) is 3.68. The molecule has 2 aromatic rings. The molecule has 6 nitrogen and oxygen atoms in total. The summed E-state index contributed by atoms with van der Waals surface area (Å²) in [5.41, 5.74) is 8.96. The molecule has 6 heteroatoms. The van der Waals surface area contributed by atoms with Crippen LogP contribution in [0.5, 0.6) is 0 Å². The van der Waals surface area contributed by atoms with Gasteiger partial charge in [-0.2, -0.15) is 5.26 Å². The minimum absolute atomic E-state index is 0.0229. The zero-order valence-corrected chi connectivity index (χ0v) is 15.6. The number of anilines is 2. The lowest BCUT2D eigenvalue weighted by Crippen LogP contribution is -2.48. The molecular formula is C21H22N4O2. The van der Waals surface area contributed by atoms with Gasteiger partial charge in [0.1, 0.15) is 0 Å². The molecule has 2 aromatic carbocycles. The van der Waals surface area contributed by atoms with Crippen molar-refractivity contribution in [2.24, 2.45) is 11.7 Å². The molecule has 138 valence electrons. The molecule has 3 rings (SSSR count). The third-order valence-electron chi connectivity index (χ3n) is 5.28. The number of primary amides is 1. The van der Waals surface area contributed by atoms with Crippen LogP contribution in [0.15, 0.2) is 42.5 Å². The van der Waals surface area contributed by atoms with Gasteiger partial charge in [0.25, 0.3) is 0 Å². The Bertz CT molecular complexity index is 930. The van der Waals surface area contributed by atoms with Gasteiger partial charge in [-0.25, -0.2) is 0 Å². The summed E-state index contributed by atoms with van der Waals surface area (Å²) < 4.78 is 0. The highest BCUT2D eigenvalue weighted by molar-refractivity contribution is 5.97. The van der Waals surface area contributed by atoms with Gasteiger partial charge in [0.15, 0.2) is 0 Å². The van der Waals surface area contributed by atoms with Crippen LogP contribution >= 0.6 is 0 Å². The van der Waals surface area contributed by atoms with Crippen molar-refractivity contribution in [3.8, 4) is 6.07 Å². The van der Waals surface area contributed by atoms with Crippen LogP contribution in [-0.2, 0) is 4.79 Å². The van der Waals surface area contributed by atoms with Crippen molar-refractivity contribution in [1.29, 1.82) is 5.26 Å². The van der Waals surface area contributed by atoms with Gasteiger partial charge >= 0.3 is 0 Å². The first-order valence-corrected chi connectivity index (χ1v) is 8.83. The summed E-state index contributed by atoms with van der Waals surface area (Å²) in [6.07, 6.45) is 0.